The normalized spacial score (nSPS) is 11.1. The van der Waals surface area contributed by atoms with Crippen LogP contribution in [0.4, 0.5) is 0 Å². The second kappa shape index (κ2) is 8.15. The highest BCUT2D eigenvalue weighted by atomic mass is 16.5. The first-order valence-corrected chi connectivity index (χ1v) is 8.49. The van der Waals surface area contributed by atoms with Gasteiger partial charge in [-0.05, 0) is 18.6 Å². The van der Waals surface area contributed by atoms with Gasteiger partial charge in [0.25, 0.3) is 0 Å². The Balaban J connectivity index is 2.06. The highest BCUT2D eigenvalue weighted by Crippen LogP contribution is 2.25. The predicted octanol–water partition coefficient (Wildman–Crippen LogP) is 3.99. The van der Waals surface area contributed by atoms with Gasteiger partial charge in [-0.1, -0.05) is 60.2 Å². The number of hydrogen-bond donors (Lipinski definition) is 0. The number of aryl methyl sites for hydroxylation is 1. The highest BCUT2D eigenvalue weighted by Gasteiger charge is 2.14. The largest absolute Gasteiger partial charge is 0.465 e. The van der Waals surface area contributed by atoms with E-state index in [0.29, 0.717) is 17.8 Å². The number of ether oxygens (including phenoxy) is 1. The van der Waals surface area contributed by atoms with Crippen molar-refractivity contribution in [2.45, 2.75) is 13.5 Å². The van der Waals surface area contributed by atoms with Crippen molar-refractivity contribution >= 4 is 12.0 Å². The molecular weight excluding hydrogens is 338 g/mol. The molecule has 0 bridgehead atoms. The average Bonchev–Trinajstić information content (AvgIpc) is 3.09. The SMILES string of the molecule is COC(=O)/C(C#N)=C/c1cn(Cc2ccccc2)nc1-c1ccc(C)cc1. The minimum Gasteiger partial charge on any atom is -0.465 e. The Bertz CT molecular complexity index is 1010. The number of methoxy groups -OCH3 is 1. The first-order valence-electron chi connectivity index (χ1n) is 8.49. The lowest BCUT2D eigenvalue weighted by Gasteiger charge is -2.02. The summed E-state index contributed by atoms with van der Waals surface area (Å²) < 4.78 is 6.49. The van der Waals surface area contributed by atoms with E-state index in [4.69, 9.17) is 0 Å². The standard InChI is InChI=1S/C22H19N3O2/c1-16-8-10-18(11-9-16)21-20(12-19(13-23)22(26)27-2)15-25(24-21)14-17-6-4-3-5-7-17/h3-12,15H,14H2,1-2H3/b19-12+. The summed E-state index contributed by atoms with van der Waals surface area (Å²) in [6.45, 7) is 2.61. The van der Waals surface area contributed by atoms with Gasteiger partial charge in [0.05, 0.1) is 19.3 Å². The summed E-state index contributed by atoms with van der Waals surface area (Å²) in [6.07, 6.45) is 3.36. The Kier molecular flexibility index (Phi) is 5.48. The molecule has 0 radical (unpaired) electrons. The van der Waals surface area contributed by atoms with Gasteiger partial charge in [-0.2, -0.15) is 10.4 Å². The fraction of sp³-hybridized carbons (Fsp3) is 0.136. The van der Waals surface area contributed by atoms with Crippen LogP contribution in [-0.2, 0) is 16.1 Å². The Morgan fingerprint density at radius 1 is 1.19 bits per heavy atom. The van der Waals surface area contributed by atoms with Gasteiger partial charge >= 0.3 is 5.97 Å². The molecule has 0 saturated heterocycles. The number of nitrogens with zero attached hydrogens (tertiary/aromatic N) is 3. The molecule has 3 rings (SSSR count). The topological polar surface area (TPSA) is 67.9 Å². The van der Waals surface area contributed by atoms with Gasteiger partial charge in [0.15, 0.2) is 0 Å². The molecule has 27 heavy (non-hydrogen) atoms. The molecule has 0 spiro atoms. The van der Waals surface area contributed by atoms with Gasteiger partial charge in [-0.15, -0.1) is 0 Å². The van der Waals surface area contributed by atoms with Gasteiger partial charge in [-0.3, -0.25) is 4.68 Å². The summed E-state index contributed by atoms with van der Waals surface area (Å²) >= 11 is 0. The van der Waals surface area contributed by atoms with Crippen molar-refractivity contribution in [2.24, 2.45) is 0 Å². The van der Waals surface area contributed by atoms with Crippen molar-refractivity contribution in [3.05, 3.63) is 83.1 Å². The van der Waals surface area contributed by atoms with Crippen molar-refractivity contribution in [1.82, 2.24) is 9.78 Å². The van der Waals surface area contributed by atoms with Crippen LogP contribution >= 0.6 is 0 Å². The molecule has 0 aliphatic rings. The average molecular weight is 357 g/mol. The lowest BCUT2D eigenvalue weighted by Crippen LogP contribution is -2.02. The molecule has 0 aliphatic heterocycles. The summed E-state index contributed by atoms with van der Waals surface area (Å²) in [6, 6.07) is 19.8. The molecule has 0 amide bonds. The third kappa shape index (κ3) is 4.31. The zero-order chi connectivity index (χ0) is 19.2. The first-order chi connectivity index (χ1) is 13.1. The fourth-order valence-electron chi connectivity index (χ4n) is 2.73. The monoisotopic (exact) mass is 357 g/mol. The van der Waals surface area contributed by atoms with E-state index >= 15 is 0 Å². The zero-order valence-corrected chi connectivity index (χ0v) is 15.2. The minimum absolute atomic E-state index is 0.0647. The molecule has 0 fully saturated rings. The molecule has 1 aromatic heterocycles. The van der Waals surface area contributed by atoms with Crippen LogP contribution in [0.3, 0.4) is 0 Å². The van der Waals surface area contributed by atoms with E-state index in [0.717, 1.165) is 16.7 Å². The van der Waals surface area contributed by atoms with Crippen LogP contribution in [0.2, 0.25) is 0 Å². The minimum atomic E-state index is -0.664. The Labute approximate surface area is 158 Å². The maximum atomic E-state index is 11.8. The number of esters is 1. The van der Waals surface area contributed by atoms with Crippen LogP contribution in [0.25, 0.3) is 17.3 Å². The summed E-state index contributed by atoms with van der Waals surface area (Å²) in [4.78, 5) is 11.8. The predicted molar refractivity (Wildman–Crippen MR) is 104 cm³/mol. The van der Waals surface area contributed by atoms with Crippen LogP contribution < -0.4 is 0 Å². The number of rotatable bonds is 5. The number of aromatic nitrogens is 2. The molecule has 5 nitrogen and oxygen atoms in total. The summed E-state index contributed by atoms with van der Waals surface area (Å²) in [7, 11) is 1.26. The number of benzene rings is 2. The molecule has 0 aliphatic carbocycles. The highest BCUT2D eigenvalue weighted by molar-refractivity contribution is 5.98. The van der Waals surface area contributed by atoms with E-state index in [9.17, 15) is 10.1 Å². The number of nitriles is 1. The van der Waals surface area contributed by atoms with E-state index in [2.05, 4.69) is 9.84 Å². The molecule has 1 heterocycles. The molecular formula is C22H19N3O2. The Morgan fingerprint density at radius 3 is 2.52 bits per heavy atom. The lowest BCUT2D eigenvalue weighted by atomic mass is 10.0. The van der Waals surface area contributed by atoms with Crippen LogP contribution in [0.5, 0.6) is 0 Å². The summed E-state index contributed by atoms with van der Waals surface area (Å²) in [5, 5.41) is 14.0. The maximum absolute atomic E-state index is 11.8. The summed E-state index contributed by atoms with van der Waals surface area (Å²) in [5.41, 5.74) is 4.51. The third-order valence-corrected chi connectivity index (χ3v) is 4.13. The van der Waals surface area contributed by atoms with Gasteiger partial charge in [0, 0.05) is 17.3 Å². The second-order valence-electron chi connectivity index (χ2n) is 6.14. The molecule has 3 aromatic rings. The van der Waals surface area contributed by atoms with Crippen molar-refractivity contribution in [1.29, 1.82) is 5.26 Å². The van der Waals surface area contributed by atoms with Crippen molar-refractivity contribution in [3.63, 3.8) is 0 Å². The quantitative estimate of drug-likeness (QED) is 0.393. The molecule has 5 heteroatoms. The molecule has 134 valence electrons. The maximum Gasteiger partial charge on any atom is 0.348 e. The molecule has 0 N–H and O–H groups in total. The van der Waals surface area contributed by atoms with E-state index in [1.165, 1.54) is 13.2 Å². The van der Waals surface area contributed by atoms with Gasteiger partial charge in [0.2, 0.25) is 0 Å². The third-order valence-electron chi connectivity index (χ3n) is 4.13. The Morgan fingerprint density at radius 2 is 1.89 bits per heavy atom. The molecule has 0 atom stereocenters. The van der Waals surface area contributed by atoms with E-state index in [1.807, 2.05) is 78.5 Å². The van der Waals surface area contributed by atoms with Gasteiger partial charge in [0.1, 0.15) is 11.6 Å². The first kappa shape index (κ1) is 18.2. The second-order valence-corrected chi connectivity index (χ2v) is 6.14. The van der Waals surface area contributed by atoms with Gasteiger partial charge < -0.3 is 4.74 Å². The van der Waals surface area contributed by atoms with Crippen molar-refractivity contribution < 1.29 is 9.53 Å². The molecule has 2 aromatic carbocycles. The van der Waals surface area contributed by atoms with Gasteiger partial charge in [-0.25, -0.2) is 4.79 Å². The Hall–Kier alpha value is -3.65. The van der Waals surface area contributed by atoms with Crippen LogP contribution in [0, 0.1) is 18.3 Å². The van der Waals surface area contributed by atoms with E-state index in [1.54, 1.807) is 0 Å². The van der Waals surface area contributed by atoms with Crippen LogP contribution in [-0.4, -0.2) is 22.9 Å². The van der Waals surface area contributed by atoms with Crippen molar-refractivity contribution in [3.8, 4) is 17.3 Å². The molecule has 0 saturated carbocycles. The van der Waals surface area contributed by atoms with Crippen molar-refractivity contribution in [2.75, 3.05) is 7.11 Å². The van der Waals surface area contributed by atoms with Crippen LogP contribution in [0.1, 0.15) is 16.7 Å². The number of carbonyl (C=O) groups is 1. The summed E-state index contributed by atoms with van der Waals surface area (Å²) in [5.74, 6) is -0.664. The fourth-order valence-corrected chi connectivity index (χ4v) is 2.73. The number of hydrogen-bond acceptors (Lipinski definition) is 4. The zero-order valence-electron chi connectivity index (χ0n) is 15.2. The van der Waals surface area contributed by atoms with Crippen LogP contribution in [0.15, 0.2) is 66.4 Å². The smallest absolute Gasteiger partial charge is 0.348 e. The lowest BCUT2D eigenvalue weighted by molar-refractivity contribution is -0.135. The van der Waals surface area contributed by atoms with E-state index in [-0.39, 0.29) is 5.57 Å². The molecule has 0 unspecified atom stereocenters. The number of carbonyl (C=O) groups excluding carboxylic acids is 1. The van der Waals surface area contributed by atoms with E-state index < -0.39 is 5.97 Å².